The number of aliphatic hydroxyl groups excluding tert-OH is 1. The van der Waals surface area contributed by atoms with Crippen LogP contribution in [0.5, 0.6) is 0 Å². The molecule has 0 spiro atoms. The summed E-state index contributed by atoms with van der Waals surface area (Å²) in [6.07, 6.45) is 3.94. The third kappa shape index (κ3) is 5.58. The highest BCUT2D eigenvalue weighted by Crippen LogP contribution is 2.47. The Labute approximate surface area is 263 Å². The van der Waals surface area contributed by atoms with E-state index in [1.807, 2.05) is 36.4 Å². The van der Waals surface area contributed by atoms with Crippen LogP contribution in [-0.2, 0) is 0 Å². The van der Waals surface area contributed by atoms with Crippen LogP contribution in [0, 0.1) is 11.7 Å². The summed E-state index contributed by atoms with van der Waals surface area (Å²) in [5.41, 5.74) is 5.39. The highest BCUT2D eigenvalue weighted by molar-refractivity contribution is 6.13. The van der Waals surface area contributed by atoms with E-state index in [1.54, 1.807) is 19.2 Å². The van der Waals surface area contributed by atoms with Gasteiger partial charge in [0.05, 0.1) is 11.3 Å². The summed E-state index contributed by atoms with van der Waals surface area (Å²) >= 11 is 0. The fraction of sp³-hybridized carbons (Fsp3) is 0.351. The fourth-order valence-electron chi connectivity index (χ4n) is 7.25. The third-order valence-corrected chi connectivity index (χ3v) is 9.62. The van der Waals surface area contributed by atoms with Crippen molar-refractivity contribution in [3.05, 3.63) is 88.9 Å². The molecule has 3 aromatic carbocycles. The molecule has 0 radical (unpaired) electrons. The molecule has 2 unspecified atom stereocenters. The maximum atomic E-state index is 13.8. The first-order valence-corrected chi connectivity index (χ1v) is 15.8. The minimum Gasteiger partial charge on any atom is -0.512 e. The van der Waals surface area contributed by atoms with Gasteiger partial charge < -0.3 is 25.1 Å². The number of carbonyl (C=O) groups is 2. The summed E-state index contributed by atoms with van der Waals surface area (Å²) in [6.45, 7) is 7.74. The molecule has 1 aromatic heterocycles. The normalized spacial score (nSPS) is 19.2. The zero-order valence-corrected chi connectivity index (χ0v) is 26.3. The van der Waals surface area contributed by atoms with Gasteiger partial charge in [-0.05, 0) is 99.0 Å². The maximum Gasteiger partial charge on any atom is 0.255 e. The number of nitrogens with one attached hydrogen (secondary N) is 2. The third-order valence-electron chi connectivity index (χ3n) is 9.62. The Kier molecular flexibility index (Phi) is 8.16. The van der Waals surface area contributed by atoms with Gasteiger partial charge >= 0.3 is 0 Å². The van der Waals surface area contributed by atoms with E-state index in [0.717, 1.165) is 54.7 Å². The lowest BCUT2D eigenvalue weighted by Gasteiger charge is -2.39. The number of carbonyl (C=O) groups excluding carboxylic acids is 2. The number of halogens is 1. The number of amides is 2. The van der Waals surface area contributed by atoms with Gasteiger partial charge in [0, 0.05) is 65.9 Å². The van der Waals surface area contributed by atoms with Crippen molar-refractivity contribution in [2.75, 3.05) is 25.0 Å². The van der Waals surface area contributed by atoms with Crippen molar-refractivity contribution >= 4 is 28.5 Å². The van der Waals surface area contributed by atoms with E-state index in [4.69, 9.17) is 4.42 Å². The first-order chi connectivity index (χ1) is 21.7. The van der Waals surface area contributed by atoms with E-state index < -0.39 is 0 Å². The molecule has 6 rings (SSSR count). The zero-order chi connectivity index (χ0) is 31.9. The molecule has 2 aliphatic rings. The van der Waals surface area contributed by atoms with Crippen LogP contribution in [0.1, 0.15) is 73.6 Å². The summed E-state index contributed by atoms with van der Waals surface area (Å²) < 4.78 is 20.1. The summed E-state index contributed by atoms with van der Waals surface area (Å²) in [5, 5.41) is 17.1. The van der Waals surface area contributed by atoms with Gasteiger partial charge in [0.2, 0.25) is 0 Å². The van der Waals surface area contributed by atoms with Crippen molar-refractivity contribution < 1.29 is 23.5 Å². The van der Waals surface area contributed by atoms with Gasteiger partial charge in [0.1, 0.15) is 17.2 Å². The first kappa shape index (κ1) is 30.4. The van der Waals surface area contributed by atoms with E-state index in [-0.39, 0.29) is 23.2 Å². The van der Waals surface area contributed by atoms with E-state index in [0.29, 0.717) is 57.9 Å². The highest BCUT2D eigenvalue weighted by Gasteiger charge is 2.43. The number of anilines is 1. The van der Waals surface area contributed by atoms with E-state index in [2.05, 4.69) is 36.3 Å². The molecular formula is C37H40FN3O4. The lowest BCUT2D eigenvalue weighted by Crippen LogP contribution is -2.50. The van der Waals surface area contributed by atoms with Crippen LogP contribution in [0.4, 0.5) is 10.1 Å². The Morgan fingerprint density at radius 3 is 2.42 bits per heavy atom. The van der Waals surface area contributed by atoms with Gasteiger partial charge in [-0.25, -0.2) is 4.39 Å². The summed E-state index contributed by atoms with van der Waals surface area (Å²) in [7, 11) is 1.57. The average molecular weight is 610 g/mol. The van der Waals surface area contributed by atoms with Gasteiger partial charge in [-0.2, -0.15) is 0 Å². The predicted octanol–water partition coefficient (Wildman–Crippen LogP) is 8.01. The Morgan fingerprint density at radius 2 is 1.76 bits per heavy atom. The van der Waals surface area contributed by atoms with Crippen LogP contribution < -0.4 is 15.5 Å². The number of benzene rings is 3. The fourth-order valence-corrected chi connectivity index (χ4v) is 7.25. The maximum absolute atomic E-state index is 13.8. The van der Waals surface area contributed by atoms with Crippen LogP contribution in [0.25, 0.3) is 33.4 Å². The van der Waals surface area contributed by atoms with E-state index in [1.165, 1.54) is 12.1 Å². The van der Waals surface area contributed by atoms with Crippen LogP contribution in [0.2, 0.25) is 0 Å². The smallest absolute Gasteiger partial charge is 0.255 e. The summed E-state index contributed by atoms with van der Waals surface area (Å²) in [5.74, 6) is 0.417. The molecule has 1 fully saturated rings. The Balaban J connectivity index is 1.45. The number of allylic oxidation sites excluding steroid dienone is 1. The first-order valence-electron chi connectivity index (χ1n) is 15.8. The predicted molar refractivity (Wildman–Crippen MR) is 176 cm³/mol. The van der Waals surface area contributed by atoms with Crippen LogP contribution in [0.3, 0.4) is 0 Å². The number of aliphatic hydroxyl groups is 1. The molecule has 7 nitrogen and oxygen atoms in total. The second-order valence-electron chi connectivity index (χ2n) is 12.3. The molecule has 2 atom stereocenters. The molecule has 8 heteroatoms. The molecule has 2 aliphatic carbocycles. The number of rotatable bonds is 9. The molecule has 4 aromatic rings. The van der Waals surface area contributed by atoms with Crippen molar-refractivity contribution in [3.63, 3.8) is 0 Å². The van der Waals surface area contributed by atoms with Gasteiger partial charge in [0.25, 0.3) is 11.8 Å². The number of nitrogens with zero attached hydrogens (tertiary/aromatic N) is 1. The second kappa shape index (κ2) is 12.1. The largest absolute Gasteiger partial charge is 0.512 e. The number of furan rings is 1. The van der Waals surface area contributed by atoms with Crippen LogP contribution >= 0.6 is 0 Å². The lowest BCUT2D eigenvalue weighted by molar-refractivity contribution is 0.0865. The van der Waals surface area contributed by atoms with Crippen molar-refractivity contribution in [1.82, 2.24) is 10.6 Å². The van der Waals surface area contributed by atoms with E-state index >= 15 is 0 Å². The monoisotopic (exact) mass is 609 g/mol. The van der Waals surface area contributed by atoms with Crippen molar-refractivity contribution in [2.45, 2.75) is 58.4 Å². The van der Waals surface area contributed by atoms with Gasteiger partial charge in [0.15, 0.2) is 0 Å². The molecule has 2 bridgehead atoms. The Morgan fingerprint density at radius 1 is 1.00 bits per heavy atom. The Bertz CT molecular complexity index is 1800. The number of hydrogen-bond donors (Lipinski definition) is 3. The van der Waals surface area contributed by atoms with Gasteiger partial charge in [-0.1, -0.05) is 19.1 Å². The summed E-state index contributed by atoms with van der Waals surface area (Å²) in [4.78, 5) is 29.3. The topological polar surface area (TPSA) is 94.8 Å². The Hall–Kier alpha value is -4.59. The highest BCUT2D eigenvalue weighted by atomic mass is 19.1. The molecule has 0 aliphatic heterocycles. The molecule has 234 valence electrons. The van der Waals surface area contributed by atoms with Crippen molar-refractivity contribution in [2.24, 2.45) is 5.92 Å². The van der Waals surface area contributed by atoms with E-state index in [9.17, 15) is 19.1 Å². The van der Waals surface area contributed by atoms with Crippen molar-refractivity contribution in [1.29, 1.82) is 0 Å². The summed E-state index contributed by atoms with van der Waals surface area (Å²) in [6, 6.07) is 17.4. The molecule has 1 heterocycles. The molecule has 2 amide bonds. The SMILES string of the molecule is CCN(CC)c1cc2oc(-c3ccc(F)cc3)c(C(=O)NC)c2cc1-c1cccc(C(=O)NC2(CC)CC3=C(O)CC(C3)C2)c1. The second-order valence-corrected chi connectivity index (χ2v) is 12.3. The minimum atomic E-state index is -0.378. The molecule has 1 saturated carbocycles. The average Bonchev–Trinajstić information content (AvgIpc) is 3.56. The van der Waals surface area contributed by atoms with Gasteiger partial charge in [-0.3, -0.25) is 9.59 Å². The van der Waals surface area contributed by atoms with Crippen LogP contribution in [-0.4, -0.2) is 42.6 Å². The number of hydrogen-bond acceptors (Lipinski definition) is 5. The molecule has 45 heavy (non-hydrogen) atoms. The molecule has 3 N–H and O–H groups in total. The quantitative estimate of drug-likeness (QED) is 0.179. The minimum absolute atomic E-state index is 0.140. The van der Waals surface area contributed by atoms with Crippen molar-refractivity contribution in [3.8, 4) is 22.5 Å². The van der Waals surface area contributed by atoms with Gasteiger partial charge in [-0.15, -0.1) is 0 Å². The number of fused-ring (bicyclic) bond motifs is 3. The zero-order valence-electron chi connectivity index (χ0n) is 26.3. The lowest BCUT2D eigenvalue weighted by atomic mass is 9.74. The standard InChI is InChI=1S/C37H40FN3O4/c1-5-37(20-22-15-26(21-37)31(42)16-22)40-35(43)25-10-8-9-24(17-25)28-18-29-32(19-30(28)41(6-2)7-3)45-34(33(29)36(44)39-4)23-11-13-27(38)14-12-23/h8-14,17-19,22,42H,5-7,15-16,20-21H2,1-4H3,(H,39,44)(H,40,43). The molecular weight excluding hydrogens is 569 g/mol. The van der Waals surface area contributed by atoms with Crippen LogP contribution in [0.15, 0.2) is 76.4 Å². The molecule has 0 saturated heterocycles.